The van der Waals surface area contributed by atoms with Crippen LogP contribution < -0.4 is 5.32 Å². The minimum absolute atomic E-state index is 0.0741. The summed E-state index contributed by atoms with van der Waals surface area (Å²) in [5.41, 5.74) is 0.600. The number of nitrogens with one attached hydrogen (secondary N) is 1. The quantitative estimate of drug-likeness (QED) is 0.929. The Balaban J connectivity index is 2.25. The Morgan fingerprint density at radius 3 is 2.43 bits per heavy atom. The van der Waals surface area contributed by atoms with Gasteiger partial charge in [-0.25, -0.2) is 8.42 Å². The summed E-state index contributed by atoms with van der Waals surface area (Å²) < 4.78 is 27.1. The second-order valence-corrected chi connectivity index (χ2v) is 7.67. The highest BCUT2D eigenvalue weighted by atomic mass is 32.2. The van der Waals surface area contributed by atoms with Crippen molar-refractivity contribution in [3.8, 4) is 0 Å². The summed E-state index contributed by atoms with van der Waals surface area (Å²) in [4.78, 5) is 11.3. The van der Waals surface area contributed by atoms with Gasteiger partial charge >= 0.3 is 0 Å². The average molecular weight is 310 g/mol. The van der Waals surface area contributed by atoms with Gasteiger partial charge in [0.15, 0.2) is 0 Å². The lowest BCUT2D eigenvalue weighted by atomic mass is 10.0. The van der Waals surface area contributed by atoms with Crippen molar-refractivity contribution >= 4 is 21.6 Å². The van der Waals surface area contributed by atoms with Gasteiger partial charge in [0.2, 0.25) is 15.9 Å². The zero-order valence-electron chi connectivity index (χ0n) is 12.7. The molecule has 1 heterocycles. The smallest absolute Gasteiger partial charge is 0.243 e. The number of anilines is 1. The molecule has 1 aliphatic rings. The standard InChI is InChI=1S/C15H22N2O3S/c1-11(2)15-5-4-10-17(15)21(19,20)14-8-6-13(7-9-14)16-12(3)18/h6-9,11,15H,4-5,10H2,1-3H3,(H,16,18). The van der Waals surface area contributed by atoms with E-state index in [0.717, 1.165) is 12.8 Å². The molecule has 1 aromatic carbocycles. The van der Waals surface area contributed by atoms with Crippen LogP contribution in [0.4, 0.5) is 5.69 Å². The van der Waals surface area contributed by atoms with Crippen LogP contribution in [-0.4, -0.2) is 31.2 Å². The van der Waals surface area contributed by atoms with Gasteiger partial charge in [0, 0.05) is 25.2 Å². The molecular weight excluding hydrogens is 288 g/mol. The first kappa shape index (κ1) is 16.0. The predicted molar refractivity (Wildman–Crippen MR) is 82.5 cm³/mol. The molecule has 1 amide bonds. The second kappa shape index (κ2) is 6.15. The fourth-order valence-electron chi connectivity index (χ4n) is 2.78. The number of benzene rings is 1. The molecule has 0 aromatic heterocycles. The van der Waals surface area contributed by atoms with Crippen molar-refractivity contribution in [1.82, 2.24) is 4.31 Å². The Bertz CT molecular complexity index is 608. The average Bonchev–Trinajstić information content (AvgIpc) is 2.88. The number of nitrogens with zero attached hydrogens (tertiary/aromatic N) is 1. The van der Waals surface area contributed by atoms with E-state index in [1.54, 1.807) is 28.6 Å². The van der Waals surface area contributed by atoms with E-state index >= 15 is 0 Å². The largest absolute Gasteiger partial charge is 0.326 e. The molecule has 116 valence electrons. The van der Waals surface area contributed by atoms with Crippen LogP contribution in [-0.2, 0) is 14.8 Å². The zero-order valence-corrected chi connectivity index (χ0v) is 13.5. The summed E-state index contributed by atoms with van der Waals surface area (Å²) in [6.07, 6.45) is 1.83. The van der Waals surface area contributed by atoms with Crippen molar-refractivity contribution in [1.29, 1.82) is 0 Å². The maximum atomic E-state index is 12.7. The van der Waals surface area contributed by atoms with Crippen LogP contribution in [0.2, 0.25) is 0 Å². The minimum atomic E-state index is -3.46. The van der Waals surface area contributed by atoms with E-state index in [4.69, 9.17) is 0 Å². The maximum absolute atomic E-state index is 12.7. The number of hydrogen-bond donors (Lipinski definition) is 1. The highest BCUT2D eigenvalue weighted by Gasteiger charge is 2.36. The van der Waals surface area contributed by atoms with Gasteiger partial charge in [-0.15, -0.1) is 0 Å². The van der Waals surface area contributed by atoms with E-state index < -0.39 is 10.0 Å². The van der Waals surface area contributed by atoms with Crippen molar-refractivity contribution in [2.45, 2.75) is 44.6 Å². The highest BCUT2D eigenvalue weighted by molar-refractivity contribution is 7.89. The first-order valence-electron chi connectivity index (χ1n) is 7.22. The molecule has 1 atom stereocenters. The molecule has 1 N–H and O–H groups in total. The van der Waals surface area contributed by atoms with Gasteiger partial charge in [-0.3, -0.25) is 4.79 Å². The van der Waals surface area contributed by atoms with Gasteiger partial charge in [0.25, 0.3) is 0 Å². The SMILES string of the molecule is CC(=O)Nc1ccc(S(=O)(=O)N2CCCC2C(C)C)cc1. The Hall–Kier alpha value is -1.40. The van der Waals surface area contributed by atoms with Gasteiger partial charge < -0.3 is 5.32 Å². The molecule has 1 unspecified atom stereocenters. The summed E-state index contributed by atoms with van der Waals surface area (Å²) in [7, 11) is -3.46. The summed E-state index contributed by atoms with van der Waals surface area (Å²) in [6, 6.07) is 6.42. The van der Waals surface area contributed by atoms with E-state index in [0.29, 0.717) is 18.2 Å². The molecule has 1 aromatic rings. The fourth-order valence-corrected chi connectivity index (χ4v) is 4.60. The van der Waals surface area contributed by atoms with E-state index in [-0.39, 0.29) is 16.8 Å². The van der Waals surface area contributed by atoms with Gasteiger partial charge in [0.05, 0.1) is 4.90 Å². The summed E-state index contributed by atoms with van der Waals surface area (Å²) >= 11 is 0. The number of rotatable bonds is 4. The van der Waals surface area contributed by atoms with Crippen LogP contribution in [0, 0.1) is 5.92 Å². The van der Waals surface area contributed by atoms with E-state index in [9.17, 15) is 13.2 Å². The van der Waals surface area contributed by atoms with Crippen LogP contribution >= 0.6 is 0 Å². The van der Waals surface area contributed by atoms with Crippen molar-refractivity contribution in [3.63, 3.8) is 0 Å². The molecule has 0 bridgehead atoms. The predicted octanol–water partition coefficient (Wildman–Crippen LogP) is 2.45. The van der Waals surface area contributed by atoms with E-state index in [2.05, 4.69) is 19.2 Å². The summed E-state index contributed by atoms with van der Waals surface area (Å²) in [6.45, 7) is 6.11. The molecule has 1 saturated heterocycles. The Labute approximate surface area is 126 Å². The van der Waals surface area contributed by atoms with E-state index in [1.165, 1.54) is 6.92 Å². The number of hydrogen-bond acceptors (Lipinski definition) is 3. The van der Waals surface area contributed by atoms with Crippen LogP contribution in [0.3, 0.4) is 0 Å². The third-order valence-corrected chi connectivity index (χ3v) is 5.74. The molecule has 5 nitrogen and oxygen atoms in total. The third-order valence-electron chi connectivity index (χ3n) is 3.80. The number of amides is 1. The molecule has 0 spiro atoms. The molecule has 1 aliphatic heterocycles. The van der Waals surface area contributed by atoms with Gasteiger partial charge in [-0.05, 0) is 43.0 Å². The van der Waals surface area contributed by atoms with Crippen molar-refractivity contribution in [2.24, 2.45) is 5.92 Å². The summed E-state index contributed by atoms with van der Waals surface area (Å²) in [5, 5.41) is 2.63. The monoisotopic (exact) mass is 310 g/mol. The number of carbonyl (C=O) groups is 1. The Kier molecular flexibility index (Phi) is 4.68. The van der Waals surface area contributed by atoms with Crippen LogP contribution in [0.5, 0.6) is 0 Å². The third kappa shape index (κ3) is 3.44. The Morgan fingerprint density at radius 2 is 1.90 bits per heavy atom. The molecule has 6 heteroatoms. The van der Waals surface area contributed by atoms with Crippen molar-refractivity contribution in [2.75, 3.05) is 11.9 Å². The highest BCUT2D eigenvalue weighted by Crippen LogP contribution is 2.30. The fraction of sp³-hybridized carbons (Fsp3) is 0.533. The second-order valence-electron chi connectivity index (χ2n) is 5.77. The van der Waals surface area contributed by atoms with Gasteiger partial charge in [-0.2, -0.15) is 4.31 Å². The molecule has 0 saturated carbocycles. The van der Waals surface area contributed by atoms with Crippen LogP contribution in [0.25, 0.3) is 0 Å². The van der Waals surface area contributed by atoms with Gasteiger partial charge in [0.1, 0.15) is 0 Å². The minimum Gasteiger partial charge on any atom is -0.326 e. The zero-order chi connectivity index (χ0) is 15.6. The maximum Gasteiger partial charge on any atom is 0.243 e. The van der Waals surface area contributed by atoms with E-state index in [1.807, 2.05) is 0 Å². The first-order chi connectivity index (χ1) is 9.82. The molecule has 2 rings (SSSR count). The topological polar surface area (TPSA) is 66.5 Å². The molecule has 21 heavy (non-hydrogen) atoms. The molecule has 0 radical (unpaired) electrons. The summed E-state index contributed by atoms with van der Waals surface area (Å²) in [5.74, 6) is 0.131. The number of sulfonamides is 1. The normalized spacial score (nSPS) is 19.9. The Morgan fingerprint density at radius 1 is 1.29 bits per heavy atom. The first-order valence-corrected chi connectivity index (χ1v) is 8.66. The lowest BCUT2D eigenvalue weighted by Crippen LogP contribution is -2.38. The lowest BCUT2D eigenvalue weighted by molar-refractivity contribution is -0.114. The molecule has 1 fully saturated rings. The lowest BCUT2D eigenvalue weighted by Gasteiger charge is -2.27. The molecule has 0 aliphatic carbocycles. The van der Waals surface area contributed by atoms with Gasteiger partial charge in [-0.1, -0.05) is 13.8 Å². The molecular formula is C15H22N2O3S. The van der Waals surface area contributed by atoms with Crippen molar-refractivity contribution in [3.05, 3.63) is 24.3 Å². The number of carbonyl (C=O) groups excluding carboxylic acids is 1. The van der Waals surface area contributed by atoms with Crippen LogP contribution in [0.15, 0.2) is 29.2 Å². The van der Waals surface area contributed by atoms with Crippen LogP contribution in [0.1, 0.15) is 33.6 Å². The van der Waals surface area contributed by atoms with Crippen molar-refractivity contribution < 1.29 is 13.2 Å².